The fourth-order valence-corrected chi connectivity index (χ4v) is 2.58. The van der Waals surface area contributed by atoms with Gasteiger partial charge in [0.1, 0.15) is 0 Å². The second-order valence-corrected chi connectivity index (χ2v) is 6.04. The van der Waals surface area contributed by atoms with Crippen molar-refractivity contribution < 1.29 is 19.4 Å². The highest BCUT2D eigenvalue weighted by atomic mass is 16.5. The Bertz CT molecular complexity index is 328. The standard InChI is InChI=1S/C15H28N2O4/c1-11(2)12(5-6-14(18)19)7-8-16-15(20)17-13-4-3-9-21-10-13/h11-13H,3-10H2,1-2H3,(H,18,19)(H2,16,17,20). The summed E-state index contributed by atoms with van der Waals surface area (Å²) in [5.41, 5.74) is 0. The van der Waals surface area contributed by atoms with Crippen LogP contribution in [0.4, 0.5) is 4.79 Å². The van der Waals surface area contributed by atoms with Crippen LogP contribution in [0.5, 0.6) is 0 Å². The van der Waals surface area contributed by atoms with Gasteiger partial charge in [0, 0.05) is 19.6 Å². The predicted molar refractivity (Wildman–Crippen MR) is 80.2 cm³/mol. The summed E-state index contributed by atoms with van der Waals surface area (Å²) in [5, 5.41) is 14.5. The van der Waals surface area contributed by atoms with Crippen LogP contribution in [0.3, 0.4) is 0 Å². The number of rotatable bonds is 8. The number of carboxylic acid groups (broad SMARTS) is 1. The Balaban J connectivity index is 2.19. The molecule has 2 amide bonds. The summed E-state index contributed by atoms with van der Waals surface area (Å²) >= 11 is 0. The Morgan fingerprint density at radius 1 is 1.33 bits per heavy atom. The Kier molecular flexibility index (Phi) is 8.12. The number of urea groups is 1. The number of ether oxygens (including phenoxy) is 1. The molecule has 0 bridgehead atoms. The van der Waals surface area contributed by atoms with Gasteiger partial charge in [-0.05, 0) is 37.5 Å². The minimum atomic E-state index is -0.761. The van der Waals surface area contributed by atoms with E-state index in [0.717, 1.165) is 25.9 Å². The average Bonchev–Trinajstić information content (AvgIpc) is 2.43. The monoisotopic (exact) mass is 300 g/mol. The van der Waals surface area contributed by atoms with Crippen LogP contribution in [0.1, 0.15) is 46.0 Å². The minimum Gasteiger partial charge on any atom is -0.481 e. The number of carbonyl (C=O) groups is 2. The van der Waals surface area contributed by atoms with E-state index in [1.165, 1.54) is 0 Å². The topological polar surface area (TPSA) is 87.7 Å². The van der Waals surface area contributed by atoms with Crippen molar-refractivity contribution in [2.45, 2.75) is 52.0 Å². The molecule has 0 aromatic carbocycles. The molecule has 0 spiro atoms. The van der Waals surface area contributed by atoms with E-state index in [1.54, 1.807) is 0 Å². The summed E-state index contributed by atoms with van der Waals surface area (Å²) in [6.45, 7) is 6.11. The van der Waals surface area contributed by atoms with Gasteiger partial charge in [-0.3, -0.25) is 4.79 Å². The summed E-state index contributed by atoms with van der Waals surface area (Å²) in [6.07, 6.45) is 3.59. The zero-order valence-corrected chi connectivity index (χ0v) is 13.1. The molecule has 1 fully saturated rings. The number of nitrogens with one attached hydrogen (secondary N) is 2. The lowest BCUT2D eigenvalue weighted by atomic mass is 9.88. The van der Waals surface area contributed by atoms with Crippen molar-refractivity contribution in [1.82, 2.24) is 10.6 Å². The highest BCUT2D eigenvalue weighted by Gasteiger charge is 2.17. The molecule has 0 aromatic heterocycles. The Labute approximate surface area is 126 Å². The van der Waals surface area contributed by atoms with Gasteiger partial charge in [-0.25, -0.2) is 4.79 Å². The van der Waals surface area contributed by atoms with Crippen LogP contribution in [0.15, 0.2) is 0 Å². The van der Waals surface area contributed by atoms with Crippen molar-refractivity contribution in [3.05, 3.63) is 0 Å². The van der Waals surface area contributed by atoms with E-state index in [9.17, 15) is 9.59 Å². The zero-order valence-electron chi connectivity index (χ0n) is 13.1. The minimum absolute atomic E-state index is 0.103. The van der Waals surface area contributed by atoms with Gasteiger partial charge in [0.25, 0.3) is 0 Å². The van der Waals surface area contributed by atoms with Crippen LogP contribution in [0, 0.1) is 11.8 Å². The van der Waals surface area contributed by atoms with Gasteiger partial charge < -0.3 is 20.5 Å². The highest BCUT2D eigenvalue weighted by molar-refractivity contribution is 5.74. The first kappa shape index (κ1) is 17.8. The number of amides is 2. The lowest BCUT2D eigenvalue weighted by Gasteiger charge is -2.24. The molecular weight excluding hydrogens is 272 g/mol. The summed E-state index contributed by atoms with van der Waals surface area (Å²) in [7, 11) is 0. The van der Waals surface area contributed by atoms with E-state index in [1.807, 2.05) is 0 Å². The number of aliphatic carboxylic acids is 1. The number of hydrogen-bond acceptors (Lipinski definition) is 3. The molecular formula is C15H28N2O4. The average molecular weight is 300 g/mol. The van der Waals surface area contributed by atoms with Gasteiger partial charge >= 0.3 is 12.0 Å². The van der Waals surface area contributed by atoms with Crippen molar-refractivity contribution in [3.8, 4) is 0 Å². The molecule has 2 atom stereocenters. The third kappa shape index (κ3) is 7.90. The molecule has 1 heterocycles. The molecule has 6 nitrogen and oxygen atoms in total. The van der Waals surface area contributed by atoms with Crippen LogP contribution < -0.4 is 10.6 Å². The van der Waals surface area contributed by atoms with Crippen molar-refractivity contribution in [2.75, 3.05) is 19.8 Å². The van der Waals surface area contributed by atoms with E-state index in [4.69, 9.17) is 9.84 Å². The van der Waals surface area contributed by atoms with Crippen molar-refractivity contribution in [3.63, 3.8) is 0 Å². The van der Waals surface area contributed by atoms with Gasteiger partial charge in [-0.15, -0.1) is 0 Å². The van der Waals surface area contributed by atoms with Crippen LogP contribution >= 0.6 is 0 Å². The lowest BCUT2D eigenvalue weighted by Crippen LogP contribution is -2.46. The molecule has 0 aliphatic carbocycles. The summed E-state index contributed by atoms with van der Waals surface area (Å²) in [6, 6.07) is -0.0575. The SMILES string of the molecule is CC(C)C(CCNC(=O)NC1CCCOC1)CCC(=O)O. The Morgan fingerprint density at radius 2 is 2.10 bits per heavy atom. The van der Waals surface area contributed by atoms with Crippen molar-refractivity contribution in [2.24, 2.45) is 11.8 Å². The molecule has 21 heavy (non-hydrogen) atoms. The first-order chi connectivity index (χ1) is 9.99. The maximum atomic E-state index is 11.8. The first-order valence-electron chi connectivity index (χ1n) is 7.83. The molecule has 1 saturated heterocycles. The number of carbonyl (C=O) groups excluding carboxylic acids is 1. The Hall–Kier alpha value is -1.30. The van der Waals surface area contributed by atoms with Crippen LogP contribution in [0.25, 0.3) is 0 Å². The van der Waals surface area contributed by atoms with Crippen LogP contribution in [0.2, 0.25) is 0 Å². The van der Waals surface area contributed by atoms with Crippen molar-refractivity contribution in [1.29, 1.82) is 0 Å². The first-order valence-corrected chi connectivity index (χ1v) is 7.83. The Morgan fingerprint density at radius 3 is 2.67 bits per heavy atom. The fraction of sp³-hybridized carbons (Fsp3) is 0.867. The largest absolute Gasteiger partial charge is 0.481 e. The maximum Gasteiger partial charge on any atom is 0.315 e. The summed E-state index contributed by atoms with van der Waals surface area (Å²) in [5.74, 6) is -0.0241. The molecule has 2 unspecified atom stereocenters. The molecule has 0 radical (unpaired) electrons. The van der Waals surface area contributed by atoms with E-state index in [0.29, 0.717) is 31.4 Å². The van der Waals surface area contributed by atoms with E-state index in [2.05, 4.69) is 24.5 Å². The van der Waals surface area contributed by atoms with E-state index in [-0.39, 0.29) is 18.5 Å². The molecule has 3 N–H and O–H groups in total. The molecule has 1 aliphatic rings. The van der Waals surface area contributed by atoms with Crippen LogP contribution in [-0.2, 0) is 9.53 Å². The predicted octanol–water partition coefficient (Wildman–Crippen LogP) is 1.99. The van der Waals surface area contributed by atoms with E-state index >= 15 is 0 Å². The van der Waals surface area contributed by atoms with Gasteiger partial charge in [-0.2, -0.15) is 0 Å². The summed E-state index contributed by atoms with van der Waals surface area (Å²) in [4.78, 5) is 22.4. The van der Waals surface area contributed by atoms with Gasteiger partial charge in [-0.1, -0.05) is 13.8 Å². The molecule has 0 aromatic rings. The maximum absolute atomic E-state index is 11.8. The van der Waals surface area contributed by atoms with Crippen LogP contribution in [-0.4, -0.2) is 42.9 Å². The van der Waals surface area contributed by atoms with E-state index < -0.39 is 5.97 Å². The molecule has 6 heteroatoms. The fourth-order valence-electron chi connectivity index (χ4n) is 2.58. The second-order valence-electron chi connectivity index (χ2n) is 6.04. The number of carboxylic acids is 1. The molecule has 122 valence electrons. The van der Waals surface area contributed by atoms with Crippen molar-refractivity contribution >= 4 is 12.0 Å². The molecule has 1 rings (SSSR count). The molecule has 0 saturated carbocycles. The molecule has 1 aliphatic heterocycles. The van der Waals surface area contributed by atoms with Gasteiger partial charge in [0.05, 0.1) is 12.6 Å². The number of hydrogen-bond donors (Lipinski definition) is 3. The summed E-state index contributed by atoms with van der Waals surface area (Å²) < 4.78 is 5.31. The zero-order chi connectivity index (χ0) is 15.7. The van der Waals surface area contributed by atoms with Gasteiger partial charge in [0.15, 0.2) is 0 Å². The highest BCUT2D eigenvalue weighted by Crippen LogP contribution is 2.20. The second kappa shape index (κ2) is 9.60. The third-order valence-electron chi connectivity index (χ3n) is 3.97. The smallest absolute Gasteiger partial charge is 0.315 e. The normalized spacial score (nSPS) is 20.0. The van der Waals surface area contributed by atoms with Gasteiger partial charge in [0.2, 0.25) is 0 Å². The third-order valence-corrected chi connectivity index (χ3v) is 3.97. The quantitative estimate of drug-likeness (QED) is 0.639. The lowest BCUT2D eigenvalue weighted by molar-refractivity contribution is -0.137.